The number of thioether (sulfide) groups is 1. The molecule has 6 heteroatoms. The number of hydrogen-bond acceptors (Lipinski definition) is 4. The van der Waals surface area contributed by atoms with Gasteiger partial charge in [-0.3, -0.25) is 9.59 Å². The molecular weight excluding hydrogens is 268 g/mol. The zero-order chi connectivity index (χ0) is 13.7. The van der Waals surface area contributed by atoms with Gasteiger partial charge in [0.2, 0.25) is 5.91 Å². The van der Waals surface area contributed by atoms with Crippen molar-refractivity contribution in [3.8, 4) is 0 Å². The second kappa shape index (κ2) is 6.61. The van der Waals surface area contributed by atoms with Crippen LogP contribution < -0.4 is 11.1 Å². The summed E-state index contributed by atoms with van der Waals surface area (Å²) in [7, 11) is 0. The predicted molar refractivity (Wildman–Crippen MR) is 78.5 cm³/mol. The van der Waals surface area contributed by atoms with Crippen molar-refractivity contribution in [2.75, 3.05) is 16.8 Å². The summed E-state index contributed by atoms with van der Waals surface area (Å²) >= 11 is 2.84. The summed E-state index contributed by atoms with van der Waals surface area (Å²) in [5.41, 5.74) is 6.58. The van der Waals surface area contributed by atoms with Crippen LogP contribution in [0.5, 0.6) is 0 Å². The van der Waals surface area contributed by atoms with Crippen molar-refractivity contribution in [1.82, 2.24) is 0 Å². The van der Waals surface area contributed by atoms with Crippen LogP contribution in [0.15, 0.2) is 12.7 Å². The van der Waals surface area contributed by atoms with Crippen LogP contribution in [0.4, 0.5) is 5.00 Å². The Kier molecular flexibility index (Phi) is 5.43. The van der Waals surface area contributed by atoms with Crippen LogP contribution in [-0.2, 0) is 4.79 Å². The van der Waals surface area contributed by atoms with Gasteiger partial charge in [-0.15, -0.1) is 29.7 Å². The zero-order valence-electron chi connectivity index (χ0n) is 10.4. The van der Waals surface area contributed by atoms with E-state index in [0.717, 1.165) is 16.2 Å². The number of thiophene rings is 1. The van der Waals surface area contributed by atoms with Crippen LogP contribution >= 0.6 is 23.1 Å². The molecule has 0 bridgehead atoms. The highest BCUT2D eigenvalue weighted by molar-refractivity contribution is 8.00. The van der Waals surface area contributed by atoms with E-state index in [-0.39, 0.29) is 5.91 Å². The summed E-state index contributed by atoms with van der Waals surface area (Å²) in [4.78, 5) is 24.0. The first-order valence-electron chi connectivity index (χ1n) is 5.35. The van der Waals surface area contributed by atoms with Gasteiger partial charge in [0.15, 0.2) is 0 Å². The van der Waals surface area contributed by atoms with E-state index in [9.17, 15) is 9.59 Å². The van der Waals surface area contributed by atoms with Gasteiger partial charge >= 0.3 is 0 Å². The lowest BCUT2D eigenvalue weighted by molar-refractivity contribution is -0.113. The summed E-state index contributed by atoms with van der Waals surface area (Å²) in [6.45, 7) is 7.31. The lowest BCUT2D eigenvalue weighted by Gasteiger charge is -2.04. The van der Waals surface area contributed by atoms with Gasteiger partial charge in [0.1, 0.15) is 5.00 Å². The number of primary amides is 1. The molecule has 1 aromatic heterocycles. The van der Waals surface area contributed by atoms with Gasteiger partial charge in [0, 0.05) is 10.6 Å². The van der Waals surface area contributed by atoms with Gasteiger partial charge in [-0.25, -0.2) is 0 Å². The maximum atomic E-state index is 11.7. The van der Waals surface area contributed by atoms with E-state index in [1.54, 1.807) is 6.08 Å². The van der Waals surface area contributed by atoms with Crippen LogP contribution in [0.25, 0.3) is 0 Å². The molecule has 0 aliphatic carbocycles. The standard InChI is InChI=1S/C12H16N2O2S2/c1-4-5-17-6-9(15)14-12-10(11(13)16)7(2)8(3)18-12/h4H,1,5-6H2,2-3H3,(H2,13,16)(H,14,15). The fraction of sp³-hybridized carbons (Fsp3) is 0.333. The third kappa shape index (κ3) is 3.61. The third-order valence-electron chi connectivity index (χ3n) is 2.35. The first-order valence-corrected chi connectivity index (χ1v) is 7.32. The Morgan fingerprint density at radius 3 is 2.72 bits per heavy atom. The van der Waals surface area contributed by atoms with Crippen LogP contribution in [0, 0.1) is 13.8 Å². The quantitative estimate of drug-likeness (QED) is 0.622. The first-order chi connectivity index (χ1) is 8.47. The molecule has 2 amide bonds. The number of nitrogens with two attached hydrogens (primary N) is 1. The SMILES string of the molecule is C=CCSCC(=O)Nc1sc(C)c(C)c1C(N)=O. The summed E-state index contributed by atoms with van der Waals surface area (Å²) in [5, 5.41) is 3.28. The highest BCUT2D eigenvalue weighted by Crippen LogP contribution is 2.32. The van der Waals surface area contributed by atoms with Crippen molar-refractivity contribution in [2.24, 2.45) is 5.73 Å². The number of carbonyl (C=O) groups is 2. The van der Waals surface area contributed by atoms with Crippen molar-refractivity contribution in [3.63, 3.8) is 0 Å². The largest absolute Gasteiger partial charge is 0.365 e. The highest BCUT2D eigenvalue weighted by Gasteiger charge is 2.18. The Morgan fingerprint density at radius 1 is 1.50 bits per heavy atom. The molecule has 1 heterocycles. The molecule has 0 aromatic carbocycles. The van der Waals surface area contributed by atoms with Crippen LogP contribution in [0.3, 0.4) is 0 Å². The molecule has 0 aliphatic heterocycles. The lowest BCUT2D eigenvalue weighted by Crippen LogP contribution is -2.18. The number of hydrogen-bond donors (Lipinski definition) is 2. The molecule has 0 fully saturated rings. The molecule has 0 aliphatic rings. The van der Waals surface area contributed by atoms with Crippen LogP contribution in [-0.4, -0.2) is 23.3 Å². The fourth-order valence-electron chi connectivity index (χ4n) is 1.41. The van der Waals surface area contributed by atoms with E-state index >= 15 is 0 Å². The van der Waals surface area contributed by atoms with Crippen molar-refractivity contribution in [2.45, 2.75) is 13.8 Å². The molecular formula is C12H16N2O2S2. The van der Waals surface area contributed by atoms with Gasteiger partial charge in [0.05, 0.1) is 11.3 Å². The van der Waals surface area contributed by atoms with Crippen molar-refractivity contribution in [1.29, 1.82) is 0 Å². The highest BCUT2D eigenvalue weighted by atomic mass is 32.2. The topological polar surface area (TPSA) is 72.2 Å². The summed E-state index contributed by atoms with van der Waals surface area (Å²) < 4.78 is 0. The third-order valence-corrected chi connectivity index (χ3v) is 4.41. The molecule has 4 nitrogen and oxygen atoms in total. The fourth-order valence-corrected chi connectivity index (χ4v) is 3.03. The van der Waals surface area contributed by atoms with Gasteiger partial charge in [-0.05, 0) is 19.4 Å². The summed E-state index contributed by atoms with van der Waals surface area (Å²) in [6, 6.07) is 0. The number of aryl methyl sites for hydroxylation is 1. The maximum absolute atomic E-state index is 11.7. The Morgan fingerprint density at radius 2 is 2.17 bits per heavy atom. The summed E-state index contributed by atoms with van der Waals surface area (Å²) in [6.07, 6.45) is 1.74. The Balaban J connectivity index is 2.78. The second-order valence-electron chi connectivity index (χ2n) is 3.70. The minimum Gasteiger partial charge on any atom is -0.365 e. The van der Waals surface area contributed by atoms with Crippen molar-refractivity contribution < 1.29 is 9.59 Å². The van der Waals surface area contributed by atoms with E-state index in [0.29, 0.717) is 16.3 Å². The van der Waals surface area contributed by atoms with Crippen LogP contribution in [0.2, 0.25) is 0 Å². The monoisotopic (exact) mass is 284 g/mol. The molecule has 0 radical (unpaired) electrons. The van der Waals surface area contributed by atoms with E-state index in [1.165, 1.54) is 23.1 Å². The van der Waals surface area contributed by atoms with E-state index in [1.807, 2.05) is 13.8 Å². The molecule has 0 atom stereocenters. The number of amides is 2. The average molecular weight is 284 g/mol. The predicted octanol–water partition coefficient (Wildman–Crippen LogP) is 2.32. The average Bonchev–Trinajstić information content (AvgIpc) is 2.54. The normalized spacial score (nSPS) is 10.1. The first kappa shape index (κ1) is 14.8. The summed E-state index contributed by atoms with van der Waals surface area (Å²) in [5.74, 6) is 0.412. The van der Waals surface area contributed by atoms with Gasteiger partial charge < -0.3 is 11.1 Å². The molecule has 0 unspecified atom stereocenters. The van der Waals surface area contributed by atoms with E-state index < -0.39 is 5.91 Å². The molecule has 0 saturated carbocycles. The molecule has 1 aromatic rings. The Labute approximate surface area is 115 Å². The molecule has 3 N–H and O–H groups in total. The van der Waals surface area contributed by atoms with E-state index in [4.69, 9.17) is 5.73 Å². The maximum Gasteiger partial charge on any atom is 0.251 e. The molecule has 0 saturated heterocycles. The zero-order valence-corrected chi connectivity index (χ0v) is 12.0. The van der Waals surface area contributed by atoms with Crippen LogP contribution in [0.1, 0.15) is 20.8 Å². The Bertz CT molecular complexity index is 481. The lowest BCUT2D eigenvalue weighted by atomic mass is 10.1. The minimum atomic E-state index is -0.508. The van der Waals surface area contributed by atoms with Gasteiger partial charge in [0.25, 0.3) is 5.91 Å². The molecule has 18 heavy (non-hydrogen) atoms. The van der Waals surface area contributed by atoms with Gasteiger partial charge in [-0.2, -0.15) is 0 Å². The number of carbonyl (C=O) groups excluding carboxylic acids is 2. The number of anilines is 1. The second-order valence-corrected chi connectivity index (χ2v) is 5.96. The number of rotatable bonds is 6. The number of nitrogens with one attached hydrogen (secondary N) is 1. The smallest absolute Gasteiger partial charge is 0.251 e. The minimum absolute atomic E-state index is 0.134. The molecule has 98 valence electrons. The van der Waals surface area contributed by atoms with E-state index in [2.05, 4.69) is 11.9 Å². The Hall–Kier alpha value is -1.27. The van der Waals surface area contributed by atoms with Crippen molar-refractivity contribution >= 4 is 39.9 Å². The van der Waals surface area contributed by atoms with Crippen molar-refractivity contribution in [3.05, 3.63) is 28.7 Å². The van der Waals surface area contributed by atoms with Gasteiger partial charge in [-0.1, -0.05) is 6.08 Å². The molecule has 1 rings (SSSR count). The molecule has 0 spiro atoms.